The number of fused-ring (bicyclic) bond motifs is 1. The van der Waals surface area contributed by atoms with E-state index >= 15 is 0 Å². The van der Waals surface area contributed by atoms with Crippen LogP contribution in [0.4, 0.5) is 0 Å². The van der Waals surface area contributed by atoms with Gasteiger partial charge >= 0.3 is 0 Å². The van der Waals surface area contributed by atoms with Gasteiger partial charge in [-0.2, -0.15) is 0 Å². The van der Waals surface area contributed by atoms with E-state index in [0.717, 1.165) is 25.7 Å². The van der Waals surface area contributed by atoms with Crippen LogP contribution >= 0.6 is 0 Å². The summed E-state index contributed by atoms with van der Waals surface area (Å²) in [7, 11) is 0. The van der Waals surface area contributed by atoms with E-state index in [1.54, 1.807) is 0 Å². The van der Waals surface area contributed by atoms with Crippen LogP contribution in [0.2, 0.25) is 0 Å². The standard InChI is InChI=1S/C10H18O2/c1-9-3-7(11)5-10(9,2)6-8(12)4-9/h7-8,11-12H,3-6H2,1-2H3. The van der Waals surface area contributed by atoms with E-state index in [0.29, 0.717) is 0 Å². The Morgan fingerprint density at radius 2 is 1.08 bits per heavy atom. The molecule has 0 radical (unpaired) electrons. The van der Waals surface area contributed by atoms with Crippen LogP contribution in [-0.4, -0.2) is 22.4 Å². The molecule has 2 aliphatic carbocycles. The van der Waals surface area contributed by atoms with Gasteiger partial charge in [0, 0.05) is 0 Å². The van der Waals surface area contributed by atoms with E-state index in [1.807, 2.05) is 0 Å². The zero-order valence-electron chi connectivity index (χ0n) is 7.88. The van der Waals surface area contributed by atoms with Crippen LogP contribution < -0.4 is 0 Å². The van der Waals surface area contributed by atoms with Crippen molar-refractivity contribution >= 4 is 0 Å². The van der Waals surface area contributed by atoms with Crippen molar-refractivity contribution in [2.24, 2.45) is 10.8 Å². The maximum Gasteiger partial charge on any atom is 0.0551 e. The third-order valence-corrected chi connectivity index (χ3v) is 4.20. The highest BCUT2D eigenvalue weighted by molar-refractivity contribution is 5.07. The number of hydrogen-bond donors (Lipinski definition) is 2. The summed E-state index contributed by atoms with van der Waals surface area (Å²) in [5.74, 6) is 0. The smallest absolute Gasteiger partial charge is 0.0551 e. The molecule has 2 fully saturated rings. The van der Waals surface area contributed by atoms with Gasteiger partial charge < -0.3 is 10.2 Å². The number of hydrogen-bond acceptors (Lipinski definition) is 2. The summed E-state index contributed by atoms with van der Waals surface area (Å²) in [5.41, 5.74) is 0.373. The molecule has 0 spiro atoms. The van der Waals surface area contributed by atoms with Gasteiger partial charge in [0.05, 0.1) is 12.2 Å². The Balaban J connectivity index is 2.27. The summed E-state index contributed by atoms with van der Waals surface area (Å²) in [6.07, 6.45) is 3.24. The lowest BCUT2D eigenvalue weighted by Gasteiger charge is -2.33. The van der Waals surface area contributed by atoms with E-state index in [-0.39, 0.29) is 23.0 Å². The number of rotatable bonds is 0. The van der Waals surface area contributed by atoms with E-state index in [1.165, 1.54) is 0 Å². The summed E-state index contributed by atoms with van der Waals surface area (Å²) < 4.78 is 0. The predicted molar refractivity (Wildman–Crippen MR) is 46.7 cm³/mol. The molecule has 2 aliphatic rings. The molecule has 0 atom stereocenters. The second-order valence-electron chi connectivity index (χ2n) is 5.25. The Labute approximate surface area is 73.6 Å². The molecule has 0 aromatic heterocycles. The number of aliphatic hydroxyl groups excluding tert-OH is 2. The average Bonchev–Trinajstić information content (AvgIpc) is 2.09. The first-order valence-electron chi connectivity index (χ1n) is 4.81. The lowest BCUT2D eigenvalue weighted by atomic mass is 9.71. The summed E-state index contributed by atoms with van der Waals surface area (Å²) in [6.45, 7) is 4.42. The van der Waals surface area contributed by atoms with Crippen molar-refractivity contribution in [2.45, 2.75) is 51.7 Å². The summed E-state index contributed by atoms with van der Waals surface area (Å²) >= 11 is 0. The summed E-state index contributed by atoms with van der Waals surface area (Å²) in [4.78, 5) is 0. The van der Waals surface area contributed by atoms with Gasteiger partial charge in [-0.3, -0.25) is 0 Å². The molecule has 0 aliphatic heterocycles. The first-order valence-corrected chi connectivity index (χ1v) is 4.81. The maximum atomic E-state index is 9.57. The Kier molecular flexibility index (Phi) is 1.59. The fourth-order valence-electron chi connectivity index (χ4n) is 3.38. The monoisotopic (exact) mass is 170 g/mol. The topological polar surface area (TPSA) is 40.5 Å². The van der Waals surface area contributed by atoms with Crippen LogP contribution in [-0.2, 0) is 0 Å². The van der Waals surface area contributed by atoms with Crippen molar-refractivity contribution in [3.8, 4) is 0 Å². The van der Waals surface area contributed by atoms with E-state index in [2.05, 4.69) is 13.8 Å². The van der Waals surface area contributed by atoms with E-state index < -0.39 is 0 Å². The molecule has 0 saturated heterocycles. The maximum absolute atomic E-state index is 9.57. The molecule has 0 aromatic rings. The third-order valence-electron chi connectivity index (χ3n) is 4.20. The van der Waals surface area contributed by atoms with Gasteiger partial charge in [-0.05, 0) is 36.5 Å². The van der Waals surface area contributed by atoms with Crippen molar-refractivity contribution < 1.29 is 10.2 Å². The minimum atomic E-state index is -0.132. The Morgan fingerprint density at radius 3 is 1.33 bits per heavy atom. The van der Waals surface area contributed by atoms with Crippen LogP contribution in [0.5, 0.6) is 0 Å². The Morgan fingerprint density at radius 1 is 0.833 bits per heavy atom. The fourth-order valence-corrected chi connectivity index (χ4v) is 3.38. The molecule has 12 heavy (non-hydrogen) atoms. The Bertz CT molecular complexity index is 166. The van der Waals surface area contributed by atoms with Gasteiger partial charge in [0.1, 0.15) is 0 Å². The first kappa shape index (κ1) is 8.52. The molecule has 70 valence electrons. The fraction of sp³-hybridized carbons (Fsp3) is 1.00. The normalized spacial score (nSPS) is 59.0. The number of aliphatic hydroxyl groups is 2. The van der Waals surface area contributed by atoms with Crippen LogP contribution in [0, 0.1) is 10.8 Å². The second kappa shape index (κ2) is 2.24. The molecule has 0 aromatic carbocycles. The summed E-state index contributed by atoms with van der Waals surface area (Å²) in [5, 5.41) is 19.1. The van der Waals surface area contributed by atoms with Crippen LogP contribution in [0.1, 0.15) is 39.5 Å². The molecule has 2 nitrogen and oxygen atoms in total. The van der Waals surface area contributed by atoms with Crippen molar-refractivity contribution in [1.29, 1.82) is 0 Å². The highest BCUT2D eigenvalue weighted by Crippen LogP contribution is 2.62. The minimum Gasteiger partial charge on any atom is -0.393 e. The van der Waals surface area contributed by atoms with E-state index in [4.69, 9.17) is 0 Å². The second-order valence-corrected chi connectivity index (χ2v) is 5.25. The van der Waals surface area contributed by atoms with Crippen LogP contribution in [0.3, 0.4) is 0 Å². The SMILES string of the molecule is CC12CC(O)CC1(C)CC(O)C2. The van der Waals surface area contributed by atoms with Crippen molar-refractivity contribution in [3.63, 3.8) is 0 Å². The third kappa shape index (κ3) is 0.944. The molecule has 2 N–H and O–H groups in total. The minimum absolute atomic E-state index is 0.132. The quantitative estimate of drug-likeness (QED) is 0.575. The van der Waals surface area contributed by atoms with E-state index in [9.17, 15) is 10.2 Å². The molecule has 2 heteroatoms. The lowest BCUT2D eigenvalue weighted by Crippen LogP contribution is -2.25. The highest BCUT2D eigenvalue weighted by Gasteiger charge is 2.57. The van der Waals surface area contributed by atoms with Gasteiger partial charge in [0.25, 0.3) is 0 Å². The molecule has 0 heterocycles. The molecule has 0 amide bonds. The molecule has 2 rings (SSSR count). The van der Waals surface area contributed by atoms with Crippen LogP contribution in [0.15, 0.2) is 0 Å². The van der Waals surface area contributed by atoms with Gasteiger partial charge in [0.2, 0.25) is 0 Å². The van der Waals surface area contributed by atoms with Gasteiger partial charge in [-0.1, -0.05) is 13.8 Å². The molecular formula is C10H18O2. The lowest BCUT2D eigenvalue weighted by molar-refractivity contribution is 0.124. The highest BCUT2D eigenvalue weighted by atomic mass is 16.3. The van der Waals surface area contributed by atoms with Gasteiger partial charge in [-0.15, -0.1) is 0 Å². The zero-order valence-corrected chi connectivity index (χ0v) is 7.88. The molecule has 0 bridgehead atoms. The van der Waals surface area contributed by atoms with Crippen molar-refractivity contribution in [2.75, 3.05) is 0 Å². The van der Waals surface area contributed by atoms with Gasteiger partial charge in [-0.25, -0.2) is 0 Å². The Hall–Kier alpha value is -0.0800. The largest absolute Gasteiger partial charge is 0.393 e. The van der Waals surface area contributed by atoms with Crippen LogP contribution in [0.25, 0.3) is 0 Å². The zero-order chi connectivity index (χ0) is 8.98. The molecule has 0 unspecified atom stereocenters. The first-order chi connectivity index (χ1) is 5.45. The average molecular weight is 170 g/mol. The van der Waals surface area contributed by atoms with Crippen molar-refractivity contribution in [3.05, 3.63) is 0 Å². The summed E-state index contributed by atoms with van der Waals surface area (Å²) in [6, 6.07) is 0. The predicted octanol–water partition coefficient (Wildman–Crippen LogP) is 1.31. The molecule has 2 saturated carbocycles. The van der Waals surface area contributed by atoms with Crippen molar-refractivity contribution in [1.82, 2.24) is 0 Å². The molecular weight excluding hydrogens is 152 g/mol. The van der Waals surface area contributed by atoms with Gasteiger partial charge in [0.15, 0.2) is 0 Å².